The van der Waals surface area contributed by atoms with Crippen LogP contribution in [0, 0.1) is 5.41 Å². The molecule has 0 heterocycles. The Balaban J connectivity index is 3.91. The van der Waals surface area contributed by atoms with Gasteiger partial charge in [-0.15, -0.1) is 0 Å². The third-order valence-electron chi connectivity index (χ3n) is 2.25. The van der Waals surface area contributed by atoms with Crippen LogP contribution in [0.25, 0.3) is 0 Å². The predicted molar refractivity (Wildman–Crippen MR) is 65.6 cm³/mol. The second-order valence-corrected chi connectivity index (χ2v) is 5.28. The van der Waals surface area contributed by atoms with Crippen LogP contribution >= 0.6 is 25.3 Å². The fourth-order valence-corrected chi connectivity index (χ4v) is 1.27. The number of aliphatic hydroxyl groups is 3. The van der Waals surface area contributed by atoms with Gasteiger partial charge in [0.05, 0.1) is 37.4 Å². The van der Waals surface area contributed by atoms with Gasteiger partial charge < -0.3 is 20.1 Å². The van der Waals surface area contributed by atoms with Crippen LogP contribution in [-0.2, 0) is 9.53 Å². The Morgan fingerprint density at radius 3 is 2.06 bits per heavy atom. The van der Waals surface area contributed by atoms with Gasteiger partial charge in [0.25, 0.3) is 0 Å². The molecule has 0 saturated carbocycles. The highest BCUT2D eigenvalue weighted by atomic mass is 32.2. The predicted octanol–water partition coefficient (Wildman–Crippen LogP) is -0.541. The largest absolute Gasteiger partial charge is 0.466 e. The van der Waals surface area contributed by atoms with Crippen molar-refractivity contribution in [3.05, 3.63) is 0 Å². The first-order valence-electron chi connectivity index (χ1n) is 4.84. The van der Waals surface area contributed by atoms with Crippen LogP contribution in [0.3, 0.4) is 0 Å². The quantitative estimate of drug-likeness (QED) is 0.232. The first-order valence-corrected chi connectivity index (χ1v) is 5.87. The zero-order valence-electron chi connectivity index (χ0n) is 8.87. The summed E-state index contributed by atoms with van der Waals surface area (Å²) in [5.74, 6) is -0.447. The molecule has 5 nitrogen and oxygen atoms in total. The normalized spacial score (nSPS) is 11.9. The monoisotopic (exact) mass is 270 g/mol. The van der Waals surface area contributed by atoms with Gasteiger partial charge in [0, 0.05) is 5.41 Å². The van der Waals surface area contributed by atoms with E-state index < -0.39 is 11.4 Å². The Kier molecular flexibility index (Phi) is 8.21. The maximum absolute atomic E-state index is 11.1. The van der Waals surface area contributed by atoms with E-state index in [4.69, 9.17) is 20.1 Å². The van der Waals surface area contributed by atoms with E-state index in [1.54, 1.807) is 0 Å². The van der Waals surface area contributed by atoms with Crippen LogP contribution in [0.1, 0.15) is 12.8 Å². The van der Waals surface area contributed by atoms with Crippen molar-refractivity contribution >= 4 is 31.2 Å². The number of rotatable bonds is 8. The van der Waals surface area contributed by atoms with Crippen molar-refractivity contribution < 1.29 is 24.9 Å². The molecule has 0 radical (unpaired) electrons. The van der Waals surface area contributed by atoms with Crippen molar-refractivity contribution in [3.8, 4) is 0 Å². The maximum Gasteiger partial charge on any atom is 0.307 e. The van der Waals surface area contributed by atoms with Crippen LogP contribution < -0.4 is 0 Å². The Morgan fingerprint density at radius 2 is 1.69 bits per heavy atom. The van der Waals surface area contributed by atoms with E-state index in [2.05, 4.69) is 25.3 Å². The van der Waals surface area contributed by atoms with Gasteiger partial charge in [-0.05, 0) is 6.42 Å². The van der Waals surface area contributed by atoms with Gasteiger partial charge in [0.1, 0.15) is 0 Å². The lowest BCUT2D eigenvalue weighted by atomic mass is 9.88. The van der Waals surface area contributed by atoms with Crippen molar-refractivity contribution in [2.75, 3.05) is 26.4 Å². The zero-order valence-corrected chi connectivity index (χ0v) is 10.7. The first-order chi connectivity index (χ1) is 7.49. The number of thiol groups is 2. The Labute approximate surface area is 106 Å². The number of esters is 1. The molecule has 0 rings (SSSR count). The van der Waals surface area contributed by atoms with Gasteiger partial charge in [-0.3, -0.25) is 4.79 Å². The number of hydrogen-bond donors (Lipinski definition) is 5. The summed E-state index contributed by atoms with van der Waals surface area (Å²) in [5, 5.41) is 27.0. The second kappa shape index (κ2) is 8.19. The van der Waals surface area contributed by atoms with Crippen LogP contribution in [0.5, 0.6) is 0 Å². The fraction of sp³-hybridized carbons (Fsp3) is 0.889. The van der Waals surface area contributed by atoms with E-state index >= 15 is 0 Å². The summed E-state index contributed by atoms with van der Waals surface area (Å²) >= 11 is 7.83. The first kappa shape index (κ1) is 16.1. The van der Waals surface area contributed by atoms with Crippen molar-refractivity contribution in [2.45, 2.75) is 17.4 Å². The molecule has 0 unspecified atom stereocenters. The van der Waals surface area contributed by atoms with Gasteiger partial charge in [0.15, 0.2) is 0 Å². The van der Waals surface area contributed by atoms with Gasteiger partial charge >= 0.3 is 5.97 Å². The molecule has 0 aliphatic rings. The lowest BCUT2D eigenvalue weighted by Gasteiger charge is -2.26. The lowest BCUT2D eigenvalue weighted by molar-refractivity contribution is -0.145. The number of hydrogen-bond acceptors (Lipinski definition) is 7. The molecule has 16 heavy (non-hydrogen) atoms. The molecular formula is C9H18O5S2. The Hall–Kier alpha value is 0.0500. The van der Waals surface area contributed by atoms with Crippen LogP contribution in [0.15, 0.2) is 0 Å². The Morgan fingerprint density at radius 1 is 1.19 bits per heavy atom. The molecule has 0 bridgehead atoms. The number of ether oxygens (including phenoxy) is 1. The fourth-order valence-electron chi connectivity index (χ4n) is 0.977. The smallest absolute Gasteiger partial charge is 0.307 e. The molecule has 96 valence electrons. The van der Waals surface area contributed by atoms with E-state index in [-0.39, 0.29) is 43.9 Å². The molecule has 0 aromatic carbocycles. The molecule has 0 saturated heterocycles. The van der Waals surface area contributed by atoms with Gasteiger partial charge in [-0.1, -0.05) is 0 Å². The van der Waals surface area contributed by atoms with Crippen molar-refractivity contribution in [1.29, 1.82) is 0 Å². The maximum atomic E-state index is 11.1. The zero-order chi connectivity index (χ0) is 12.6. The number of aliphatic hydroxyl groups excluding tert-OH is 3. The molecular weight excluding hydrogens is 252 g/mol. The molecule has 0 fully saturated rings. The third kappa shape index (κ3) is 5.95. The second-order valence-electron chi connectivity index (χ2n) is 3.63. The van der Waals surface area contributed by atoms with Crippen molar-refractivity contribution in [2.24, 2.45) is 5.41 Å². The summed E-state index contributed by atoms with van der Waals surface area (Å²) in [6.45, 7) is -1.05. The van der Waals surface area contributed by atoms with Gasteiger partial charge in [0.2, 0.25) is 0 Å². The summed E-state index contributed by atoms with van der Waals surface area (Å²) in [5.41, 5.74) is -0.998. The molecule has 0 aromatic rings. The molecule has 0 aromatic heterocycles. The molecule has 3 N–H and O–H groups in total. The topological polar surface area (TPSA) is 87.0 Å². The minimum Gasteiger partial charge on any atom is -0.466 e. The molecule has 0 spiro atoms. The lowest BCUT2D eigenvalue weighted by Crippen LogP contribution is -2.35. The summed E-state index contributed by atoms with van der Waals surface area (Å²) in [6.07, 6.45) is 0.280. The van der Waals surface area contributed by atoms with Crippen LogP contribution in [0.2, 0.25) is 0 Å². The molecule has 0 atom stereocenters. The minimum atomic E-state index is -0.998. The van der Waals surface area contributed by atoms with Crippen LogP contribution in [-0.4, -0.2) is 52.3 Å². The summed E-state index contributed by atoms with van der Waals surface area (Å²) in [4.78, 5) is 11.1. The SMILES string of the molecule is O=C(CC(S)S)OCCC(CO)(CO)CO. The average molecular weight is 270 g/mol. The highest BCUT2D eigenvalue weighted by Crippen LogP contribution is 2.20. The summed E-state index contributed by atoms with van der Waals surface area (Å²) in [6, 6.07) is 0. The molecule has 0 amide bonds. The molecule has 0 aliphatic heterocycles. The molecule has 0 aliphatic carbocycles. The number of carbonyl (C=O) groups is 1. The number of carbonyl (C=O) groups excluding carboxylic acids is 1. The van der Waals surface area contributed by atoms with Gasteiger partial charge in [-0.25, -0.2) is 0 Å². The summed E-state index contributed by atoms with van der Waals surface area (Å²) < 4.78 is 4.47. The van der Waals surface area contributed by atoms with Crippen molar-refractivity contribution in [1.82, 2.24) is 0 Å². The van der Waals surface area contributed by atoms with Crippen molar-refractivity contribution in [3.63, 3.8) is 0 Å². The highest BCUT2D eigenvalue weighted by Gasteiger charge is 2.28. The van der Waals surface area contributed by atoms with E-state index in [0.29, 0.717) is 0 Å². The van der Waals surface area contributed by atoms with E-state index in [1.807, 2.05) is 0 Å². The highest BCUT2D eigenvalue weighted by molar-refractivity contribution is 7.99. The standard InChI is InChI=1S/C9H18O5S2/c10-4-9(5-11,6-12)1-2-14-7(13)3-8(15)16/h8,10-12,15-16H,1-6H2. The van der Waals surface area contributed by atoms with Gasteiger partial charge in [-0.2, -0.15) is 25.3 Å². The van der Waals surface area contributed by atoms with E-state index in [9.17, 15) is 4.79 Å². The van der Waals surface area contributed by atoms with E-state index in [1.165, 1.54) is 0 Å². The molecule has 7 heteroatoms. The minimum absolute atomic E-state index is 0.0365. The van der Waals surface area contributed by atoms with Crippen LogP contribution in [0.4, 0.5) is 0 Å². The third-order valence-corrected chi connectivity index (χ3v) is 2.62. The van der Waals surface area contributed by atoms with E-state index in [0.717, 1.165) is 0 Å². The average Bonchev–Trinajstić information content (AvgIpc) is 2.24. The summed E-state index contributed by atoms with van der Waals surface area (Å²) in [7, 11) is 0. The Bertz CT molecular complexity index is 198.